The predicted octanol–water partition coefficient (Wildman–Crippen LogP) is 3.42. The molecule has 1 atom stereocenters. The van der Waals surface area contributed by atoms with E-state index >= 15 is 0 Å². The van der Waals surface area contributed by atoms with Crippen LogP contribution in [0.15, 0.2) is 36.4 Å². The zero-order valence-electron chi connectivity index (χ0n) is 16.9. The average Bonchev–Trinajstić information content (AvgIpc) is 3.17. The van der Waals surface area contributed by atoms with Crippen molar-refractivity contribution in [3.05, 3.63) is 51.9 Å². The van der Waals surface area contributed by atoms with Crippen molar-refractivity contribution in [1.82, 2.24) is 9.80 Å². The van der Waals surface area contributed by atoms with Crippen molar-refractivity contribution in [2.45, 2.75) is 19.9 Å². The molecule has 1 aromatic carbocycles. The number of thiophene rings is 1. The Kier molecular flexibility index (Phi) is 7.47. The number of esters is 1. The Morgan fingerprint density at radius 3 is 2.37 bits per heavy atom. The summed E-state index contributed by atoms with van der Waals surface area (Å²) >= 11 is 7.24. The molecule has 2 heterocycles. The molecule has 2 aromatic rings. The number of amides is 2. The largest absolute Gasteiger partial charge is 0.465 e. The fraction of sp³-hybridized carbons (Fsp3) is 0.381. The lowest BCUT2D eigenvalue weighted by atomic mass is 10.0. The van der Waals surface area contributed by atoms with Gasteiger partial charge in [-0.25, -0.2) is 4.79 Å². The van der Waals surface area contributed by atoms with Gasteiger partial charge in [0.05, 0.1) is 16.5 Å². The monoisotopic (exact) mass is 449 g/mol. The summed E-state index contributed by atoms with van der Waals surface area (Å²) in [5.41, 5.74) is 0.816. The number of halogens is 1. The Hall–Kier alpha value is -2.42. The van der Waals surface area contributed by atoms with Gasteiger partial charge in [-0.15, -0.1) is 11.3 Å². The lowest BCUT2D eigenvalue weighted by Gasteiger charge is -2.38. The lowest BCUT2D eigenvalue weighted by Crippen LogP contribution is -2.51. The van der Waals surface area contributed by atoms with E-state index in [9.17, 15) is 14.4 Å². The Balaban J connectivity index is 1.67. The number of carbonyl (C=O) groups is 3. The van der Waals surface area contributed by atoms with E-state index in [0.29, 0.717) is 47.7 Å². The number of carbonyl (C=O) groups excluding carboxylic acids is 3. The number of nitrogens with zero attached hydrogens (tertiary/aromatic N) is 2. The molecular weight excluding hydrogens is 426 g/mol. The van der Waals surface area contributed by atoms with E-state index < -0.39 is 6.04 Å². The number of piperazine rings is 1. The quantitative estimate of drug-likeness (QED) is 0.683. The van der Waals surface area contributed by atoms with Crippen LogP contribution >= 0.6 is 22.9 Å². The number of ether oxygens (including phenoxy) is 1. The third kappa shape index (κ3) is 5.38. The van der Waals surface area contributed by atoms with E-state index in [-0.39, 0.29) is 17.8 Å². The van der Waals surface area contributed by atoms with Crippen LogP contribution in [0, 0.1) is 0 Å². The first-order valence-electron chi connectivity index (χ1n) is 9.72. The molecule has 0 spiro atoms. The Labute approximate surface area is 184 Å². The molecule has 7 nitrogen and oxygen atoms in total. The Morgan fingerprint density at radius 1 is 1.10 bits per heavy atom. The highest BCUT2D eigenvalue weighted by molar-refractivity contribution is 7.18. The van der Waals surface area contributed by atoms with Crippen LogP contribution in [0.1, 0.15) is 35.1 Å². The van der Waals surface area contributed by atoms with Crippen LogP contribution in [0.5, 0.6) is 0 Å². The topological polar surface area (TPSA) is 79.0 Å². The summed E-state index contributed by atoms with van der Waals surface area (Å²) in [6, 6.07) is 10.1. The molecule has 2 amide bonds. The normalized spacial score (nSPS) is 15.5. The summed E-state index contributed by atoms with van der Waals surface area (Å²) in [6.07, 6.45) is 0. The first-order chi connectivity index (χ1) is 14.4. The molecule has 0 saturated carbocycles. The van der Waals surface area contributed by atoms with Gasteiger partial charge in [-0.1, -0.05) is 23.7 Å². The number of benzene rings is 1. The van der Waals surface area contributed by atoms with Crippen LogP contribution in [0.3, 0.4) is 0 Å². The minimum absolute atomic E-state index is 0.0737. The number of anilines is 1. The zero-order valence-corrected chi connectivity index (χ0v) is 18.5. The third-order valence-electron chi connectivity index (χ3n) is 4.78. The second kappa shape index (κ2) is 10.1. The molecule has 0 unspecified atom stereocenters. The van der Waals surface area contributed by atoms with Crippen molar-refractivity contribution in [2.24, 2.45) is 0 Å². The van der Waals surface area contributed by atoms with Gasteiger partial charge in [0, 0.05) is 38.1 Å². The van der Waals surface area contributed by atoms with Crippen LogP contribution in [-0.2, 0) is 14.3 Å². The van der Waals surface area contributed by atoms with E-state index in [1.54, 1.807) is 36.1 Å². The van der Waals surface area contributed by atoms with Crippen molar-refractivity contribution in [3.8, 4) is 0 Å². The second-order valence-corrected chi connectivity index (χ2v) is 8.40. The fourth-order valence-corrected chi connectivity index (χ4v) is 4.44. The highest BCUT2D eigenvalue weighted by Gasteiger charge is 2.33. The molecule has 1 fully saturated rings. The van der Waals surface area contributed by atoms with Gasteiger partial charge in [0.1, 0.15) is 6.04 Å². The number of nitrogens with one attached hydrogen (secondary N) is 1. The number of hydrogen-bond acceptors (Lipinski definition) is 6. The molecule has 1 aliphatic rings. The highest BCUT2D eigenvalue weighted by Crippen LogP contribution is 2.27. The van der Waals surface area contributed by atoms with Crippen LogP contribution < -0.4 is 5.32 Å². The predicted molar refractivity (Wildman–Crippen MR) is 117 cm³/mol. The van der Waals surface area contributed by atoms with Crippen molar-refractivity contribution < 1.29 is 19.1 Å². The molecule has 160 valence electrons. The number of rotatable bonds is 6. The van der Waals surface area contributed by atoms with Crippen molar-refractivity contribution in [3.63, 3.8) is 0 Å². The van der Waals surface area contributed by atoms with Crippen LogP contribution in [0.4, 0.5) is 5.00 Å². The summed E-state index contributed by atoms with van der Waals surface area (Å²) in [6.45, 7) is 5.59. The minimum atomic E-state index is -0.535. The molecule has 1 saturated heterocycles. The van der Waals surface area contributed by atoms with Gasteiger partial charge in [-0.2, -0.15) is 0 Å². The van der Waals surface area contributed by atoms with E-state index in [1.165, 1.54) is 18.3 Å². The summed E-state index contributed by atoms with van der Waals surface area (Å²) in [4.78, 5) is 41.0. The molecule has 0 aliphatic carbocycles. The SMILES string of the molecule is CCOC(=O)[C@H](c1ccc(Cl)cc1)N1CCN(C(=O)c2ccc(NC(C)=O)s2)CC1. The zero-order chi connectivity index (χ0) is 21.7. The maximum Gasteiger partial charge on any atom is 0.328 e. The summed E-state index contributed by atoms with van der Waals surface area (Å²) < 4.78 is 5.29. The first kappa shape index (κ1) is 22.3. The maximum absolute atomic E-state index is 12.8. The van der Waals surface area contributed by atoms with Crippen molar-refractivity contribution >= 4 is 45.7 Å². The molecule has 1 aromatic heterocycles. The van der Waals surface area contributed by atoms with Crippen LogP contribution in [0.25, 0.3) is 0 Å². The highest BCUT2D eigenvalue weighted by atomic mass is 35.5. The molecular formula is C21H24ClN3O4S. The van der Waals surface area contributed by atoms with Crippen LogP contribution in [0.2, 0.25) is 5.02 Å². The molecule has 30 heavy (non-hydrogen) atoms. The average molecular weight is 450 g/mol. The second-order valence-electron chi connectivity index (χ2n) is 6.88. The van der Waals surface area contributed by atoms with Gasteiger partial charge < -0.3 is 15.0 Å². The van der Waals surface area contributed by atoms with E-state index in [2.05, 4.69) is 5.32 Å². The van der Waals surface area contributed by atoms with E-state index in [0.717, 1.165) is 5.56 Å². The van der Waals surface area contributed by atoms with Gasteiger partial charge in [-0.3, -0.25) is 14.5 Å². The molecule has 1 N–H and O–H groups in total. The molecule has 0 bridgehead atoms. The van der Waals surface area contributed by atoms with Crippen molar-refractivity contribution in [1.29, 1.82) is 0 Å². The standard InChI is InChI=1S/C21H24ClN3O4S/c1-3-29-21(28)19(15-4-6-16(22)7-5-15)24-10-12-25(13-11-24)20(27)17-8-9-18(30-17)23-14(2)26/h4-9,19H,3,10-13H2,1-2H3,(H,23,26)/t19-/m0/s1. The van der Waals surface area contributed by atoms with Gasteiger partial charge in [-0.05, 0) is 36.8 Å². The molecule has 9 heteroatoms. The van der Waals surface area contributed by atoms with E-state index in [1.807, 2.05) is 17.0 Å². The third-order valence-corrected chi connectivity index (χ3v) is 6.02. The molecule has 1 aliphatic heterocycles. The summed E-state index contributed by atoms with van der Waals surface area (Å²) in [5.74, 6) is -0.551. The summed E-state index contributed by atoms with van der Waals surface area (Å²) in [7, 11) is 0. The van der Waals surface area contributed by atoms with Gasteiger partial charge in [0.15, 0.2) is 0 Å². The van der Waals surface area contributed by atoms with Crippen molar-refractivity contribution in [2.75, 3.05) is 38.1 Å². The van der Waals surface area contributed by atoms with Gasteiger partial charge in [0.2, 0.25) is 5.91 Å². The smallest absolute Gasteiger partial charge is 0.328 e. The fourth-order valence-electron chi connectivity index (χ4n) is 3.39. The Bertz CT molecular complexity index is 907. The lowest BCUT2D eigenvalue weighted by molar-refractivity contribution is -0.150. The van der Waals surface area contributed by atoms with Gasteiger partial charge >= 0.3 is 5.97 Å². The minimum Gasteiger partial charge on any atom is -0.465 e. The van der Waals surface area contributed by atoms with E-state index in [4.69, 9.17) is 16.3 Å². The molecule has 3 rings (SSSR count). The maximum atomic E-state index is 12.8. The summed E-state index contributed by atoms with van der Waals surface area (Å²) in [5, 5.41) is 3.94. The van der Waals surface area contributed by atoms with Crippen LogP contribution in [-0.4, -0.2) is 60.4 Å². The van der Waals surface area contributed by atoms with Gasteiger partial charge in [0.25, 0.3) is 5.91 Å². The first-order valence-corrected chi connectivity index (χ1v) is 10.9. The molecule has 0 radical (unpaired) electrons. The number of hydrogen-bond donors (Lipinski definition) is 1. The Morgan fingerprint density at radius 2 is 1.77 bits per heavy atom.